The third kappa shape index (κ3) is 6.03. The Kier molecular flexibility index (Phi) is 8.30. The second kappa shape index (κ2) is 13.0. The second-order valence-corrected chi connectivity index (χ2v) is 15.0. The zero-order chi connectivity index (χ0) is 35.6. The van der Waals surface area contributed by atoms with Crippen LogP contribution in [-0.2, 0) is 4.79 Å². The number of likely N-dealkylation sites (tertiary alicyclic amines) is 1. The molecule has 268 valence electrons. The first-order valence-corrected chi connectivity index (χ1v) is 18.2. The minimum atomic E-state index is -0.912. The summed E-state index contributed by atoms with van der Waals surface area (Å²) in [5, 5.41) is 6.46. The number of carbonyl (C=O) groups excluding carboxylic acids is 1. The molecule has 9 rings (SSSR count). The van der Waals surface area contributed by atoms with Gasteiger partial charge in [-0.3, -0.25) is 14.7 Å². The van der Waals surface area contributed by atoms with Crippen molar-refractivity contribution in [3.8, 4) is 17.3 Å². The van der Waals surface area contributed by atoms with Gasteiger partial charge in [0.1, 0.15) is 29.8 Å². The van der Waals surface area contributed by atoms with E-state index in [1.807, 2.05) is 36.2 Å². The highest BCUT2D eigenvalue weighted by atomic mass is 35.5. The van der Waals surface area contributed by atoms with Crippen LogP contribution in [0.15, 0.2) is 53.2 Å². The topological polar surface area (TPSA) is 114 Å². The first-order chi connectivity index (χ1) is 25.2. The van der Waals surface area contributed by atoms with E-state index in [2.05, 4.69) is 25.0 Å². The lowest BCUT2D eigenvalue weighted by Gasteiger charge is -2.40. The Morgan fingerprint density at radius 2 is 1.98 bits per heavy atom. The van der Waals surface area contributed by atoms with E-state index in [1.54, 1.807) is 29.3 Å². The Balaban J connectivity index is 0.985. The van der Waals surface area contributed by atoms with Crippen molar-refractivity contribution in [2.45, 2.75) is 49.7 Å². The van der Waals surface area contributed by atoms with Gasteiger partial charge in [0.25, 0.3) is 5.89 Å². The Morgan fingerprint density at radius 3 is 2.81 bits per heavy atom. The van der Waals surface area contributed by atoms with Crippen LogP contribution in [0.4, 0.5) is 14.6 Å². The van der Waals surface area contributed by atoms with Gasteiger partial charge in [0, 0.05) is 85.8 Å². The number of pyridine rings is 1. The largest absolute Gasteiger partial charge is 0.461 e. The molecule has 0 N–H and O–H groups in total. The van der Waals surface area contributed by atoms with E-state index in [9.17, 15) is 9.18 Å². The number of hydrogen-bond acceptors (Lipinski definition) is 10. The van der Waals surface area contributed by atoms with Crippen molar-refractivity contribution in [2.24, 2.45) is 5.92 Å². The molecule has 1 amide bonds. The molecule has 3 aromatic heterocycles. The average Bonchev–Trinajstić information content (AvgIpc) is 3.61. The fourth-order valence-corrected chi connectivity index (χ4v) is 8.40. The van der Waals surface area contributed by atoms with Crippen molar-refractivity contribution in [1.29, 1.82) is 0 Å². The highest BCUT2D eigenvalue weighted by molar-refractivity contribution is 6.36. The zero-order valence-electron chi connectivity index (χ0n) is 28.6. The van der Waals surface area contributed by atoms with Gasteiger partial charge in [-0.15, -0.1) is 0 Å². The number of anilines is 1. The number of alkyl halides is 1. The minimum absolute atomic E-state index is 0.0197. The zero-order valence-corrected chi connectivity index (χ0v) is 29.4. The van der Waals surface area contributed by atoms with Gasteiger partial charge >= 0.3 is 6.01 Å². The summed E-state index contributed by atoms with van der Waals surface area (Å²) in [5.41, 5.74) is 0.310. The molecule has 2 atom stereocenters. The predicted molar refractivity (Wildman–Crippen MR) is 192 cm³/mol. The van der Waals surface area contributed by atoms with Crippen LogP contribution in [0.1, 0.15) is 49.7 Å². The summed E-state index contributed by atoms with van der Waals surface area (Å²) >= 11 is 6.62. The first-order valence-electron chi connectivity index (χ1n) is 17.8. The molecule has 5 aromatic rings. The number of fused-ring (bicyclic) bond motifs is 3. The third-order valence-electron chi connectivity index (χ3n) is 10.9. The number of carbonyl (C=O) groups is 1. The van der Waals surface area contributed by atoms with Crippen molar-refractivity contribution in [3.05, 3.63) is 71.2 Å². The van der Waals surface area contributed by atoms with Gasteiger partial charge in [-0.2, -0.15) is 15.0 Å². The van der Waals surface area contributed by atoms with Crippen molar-refractivity contribution in [2.75, 3.05) is 51.3 Å². The summed E-state index contributed by atoms with van der Waals surface area (Å²) in [6.45, 7) is 3.04. The molecule has 6 heterocycles. The van der Waals surface area contributed by atoms with E-state index in [-0.39, 0.29) is 35.7 Å². The summed E-state index contributed by atoms with van der Waals surface area (Å²) in [7, 11) is 1.88. The number of halogens is 3. The summed E-state index contributed by atoms with van der Waals surface area (Å²) in [4.78, 5) is 37.0. The standard InChI is InChI=1S/C38H37ClF2N8O3/c1-47(17-22-18-48(19-22)30(50)12-11-29-43-35(46-52-29)24-9-10-24)36-27-16-42-33(26-7-2-5-23-6-3-8-28(39)31(23)26)32(41)34(27)44-37(45-36)51-21-38-13-4-14-49(38)20-25(40)15-38/h2-3,5-8,11-12,16,22,24-25H,4,9-10,13-15,17-21H2,1H3/b12-11+/t25-,38?/m1/s1. The Labute approximate surface area is 303 Å². The molecule has 1 unspecified atom stereocenters. The fraction of sp³-hybridized carbons (Fsp3) is 0.421. The van der Waals surface area contributed by atoms with Crippen molar-refractivity contribution >= 4 is 51.1 Å². The molecule has 1 aliphatic carbocycles. The van der Waals surface area contributed by atoms with E-state index in [1.165, 1.54) is 6.08 Å². The number of ether oxygens (including phenoxy) is 1. The van der Waals surface area contributed by atoms with Gasteiger partial charge in [0.05, 0.1) is 10.9 Å². The summed E-state index contributed by atoms with van der Waals surface area (Å²) in [5.74, 6) is 1.24. The number of hydrogen-bond donors (Lipinski definition) is 0. The average molecular weight is 727 g/mol. The van der Waals surface area contributed by atoms with E-state index >= 15 is 4.39 Å². The lowest BCUT2D eigenvalue weighted by Crippen LogP contribution is -2.53. The summed E-state index contributed by atoms with van der Waals surface area (Å²) in [6, 6.07) is 11.1. The first kappa shape index (κ1) is 33.1. The molecule has 0 bridgehead atoms. The number of aromatic nitrogens is 5. The van der Waals surface area contributed by atoms with E-state index in [4.69, 9.17) is 25.8 Å². The number of amides is 1. The number of nitrogens with zero attached hydrogens (tertiary/aromatic N) is 8. The fourth-order valence-electron chi connectivity index (χ4n) is 8.11. The van der Waals surface area contributed by atoms with Crippen molar-refractivity contribution < 1.29 is 22.8 Å². The van der Waals surface area contributed by atoms with Gasteiger partial charge in [0.15, 0.2) is 11.6 Å². The van der Waals surface area contributed by atoms with Gasteiger partial charge in [-0.05, 0) is 43.7 Å². The lowest BCUT2D eigenvalue weighted by molar-refractivity contribution is -0.131. The molecular formula is C38H37ClF2N8O3. The van der Waals surface area contributed by atoms with Crippen molar-refractivity contribution in [3.63, 3.8) is 0 Å². The molecular weight excluding hydrogens is 690 g/mol. The van der Waals surface area contributed by atoms with Crippen LogP contribution in [0, 0.1) is 11.7 Å². The van der Waals surface area contributed by atoms with Crippen LogP contribution >= 0.6 is 11.6 Å². The van der Waals surface area contributed by atoms with Crippen molar-refractivity contribution in [1.82, 2.24) is 34.9 Å². The Hall–Kier alpha value is -4.75. The molecule has 4 aliphatic rings. The highest BCUT2D eigenvalue weighted by Gasteiger charge is 2.49. The van der Waals surface area contributed by atoms with Crippen LogP contribution in [0.2, 0.25) is 5.02 Å². The molecule has 0 radical (unpaired) electrons. The molecule has 52 heavy (non-hydrogen) atoms. The molecule has 2 aromatic carbocycles. The quantitative estimate of drug-likeness (QED) is 0.149. The molecule has 14 heteroatoms. The third-order valence-corrected chi connectivity index (χ3v) is 11.2. The Morgan fingerprint density at radius 1 is 1.15 bits per heavy atom. The lowest BCUT2D eigenvalue weighted by atomic mass is 9.95. The van der Waals surface area contributed by atoms with Crippen LogP contribution in [0.25, 0.3) is 39.0 Å². The van der Waals surface area contributed by atoms with Crippen LogP contribution in [0.5, 0.6) is 6.01 Å². The SMILES string of the molecule is CN(CC1CN(C(=O)/C=C/c2nc(C3CC3)no2)C1)c1nc(OCC23CCCN2C[C@H](F)C3)nc2c(F)c(-c3cccc4cccc(Cl)c34)ncc12. The molecule has 3 aliphatic heterocycles. The maximum atomic E-state index is 16.8. The second-order valence-electron chi connectivity index (χ2n) is 14.6. The molecule has 4 fully saturated rings. The highest BCUT2D eigenvalue weighted by Crippen LogP contribution is 2.42. The van der Waals surface area contributed by atoms with Gasteiger partial charge in [0.2, 0.25) is 5.91 Å². The number of rotatable bonds is 10. The predicted octanol–water partition coefficient (Wildman–Crippen LogP) is 6.46. The maximum Gasteiger partial charge on any atom is 0.319 e. The normalized spacial score (nSPS) is 22.1. The van der Waals surface area contributed by atoms with Crippen LogP contribution < -0.4 is 9.64 Å². The maximum absolute atomic E-state index is 16.8. The van der Waals surface area contributed by atoms with Gasteiger partial charge in [-0.25, -0.2) is 8.78 Å². The smallest absolute Gasteiger partial charge is 0.319 e. The minimum Gasteiger partial charge on any atom is -0.461 e. The summed E-state index contributed by atoms with van der Waals surface area (Å²) < 4.78 is 42.8. The van der Waals surface area contributed by atoms with Gasteiger partial charge < -0.3 is 19.1 Å². The van der Waals surface area contributed by atoms with Crippen LogP contribution in [0.3, 0.4) is 0 Å². The Bertz CT molecular complexity index is 2220. The van der Waals surface area contributed by atoms with Gasteiger partial charge in [-0.1, -0.05) is 47.1 Å². The molecule has 11 nitrogen and oxygen atoms in total. The van der Waals surface area contributed by atoms with Crippen LogP contribution in [-0.4, -0.2) is 98.9 Å². The summed E-state index contributed by atoms with van der Waals surface area (Å²) in [6.07, 6.45) is 8.01. The molecule has 1 saturated carbocycles. The molecule has 0 spiro atoms. The van der Waals surface area contributed by atoms with E-state index in [0.29, 0.717) is 77.4 Å². The number of benzene rings is 2. The molecule has 3 saturated heterocycles. The van der Waals surface area contributed by atoms with E-state index < -0.39 is 17.5 Å². The van der Waals surface area contributed by atoms with E-state index in [0.717, 1.165) is 37.6 Å². The monoisotopic (exact) mass is 726 g/mol.